The molecule has 2 bridgehead atoms. The second-order valence-electron chi connectivity index (χ2n) is 6.38. The van der Waals surface area contributed by atoms with E-state index in [1.807, 2.05) is 6.07 Å². The minimum Gasteiger partial charge on any atom is -0.342 e. The van der Waals surface area contributed by atoms with Crippen LogP contribution in [0.15, 0.2) is 23.1 Å². The van der Waals surface area contributed by atoms with Gasteiger partial charge in [0.1, 0.15) is 5.82 Å². The van der Waals surface area contributed by atoms with Crippen molar-refractivity contribution < 1.29 is 8.42 Å². The number of sulfone groups is 1. The van der Waals surface area contributed by atoms with Crippen LogP contribution in [0.5, 0.6) is 0 Å². The van der Waals surface area contributed by atoms with E-state index in [0.29, 0.717) is 22.9 Å². The number of H-pyrrole nitrogens is 1. The Morgan fingerprint density at radius 3 is 2.57 bits per heavy atom. The highest BCUT2D eigenvalue weighted by Gasteiger charge is 2.35. The summed E-state index contributed by atoms with van der Waals surface area (Å²) in [5, 5.41) is 3.63. The minimum absolute atomic E-state index is 0.332. The largest absolute Gasteiger partial charge is 0.342 e. The van der Waals surface area contributed by atoms with Crippen molar-refractivity contribution in [1.82, 2.24) is 15.3 Å². The van der Waals surface area contributed by atoms with Crippen molar-refractivity contribution in [1.29, 1.82) is 0 Å². The summed E-state index contributed by atoms with van der Waals surface area (Å²) in [6.45, 7) is 0. The highest BCUT2D eigenvalue weighted by Crippen LogP contribution is 2.36. The Morgan fingerprint density at radius 1 is 1.19 bits per heavy atom. The summed E-state index contributed by atoms with van der Waals surface area (Å²) in [4.78, 5) is 8.37. The summed E-state index contributed by atoms with van der Waals surface area (Å²) in [5.74, 6) is 1.46. The molecule has 0 saturated carbocycles. The summed E-state index contributed by atoms with van der Waals surface area (Å²) in [6.07, 6.45) is 6.00. The summed E-state index contributed by atoms with van der Waals surface area (Å²) >= 11 is 0. The molecule has 2 atom stereocenters. The molecule has 2 fully saturated rings. The Hall–Kier alpha value is -1.40. The average Bonchev–Trinajstić information content (AvgIpc) is 3.00. The van der Waals surface area contributed by atoms with E-state index in [-0.39, 0.29) is 0 Å². The quantitative estimate of drug-likeness (QED) is 0.889. The van der Waals surface area contributed by atoms with Crippen LogP contribution >= 0.6 is 0 Å². The molecule has 5 nitrogen and oxygen atoms in total. The van der Waals surface area contributed by atoms with Crippen LogP contribution in [-0.4, -0.2) is 36.7 Å². The number of aromatic amines is 1. The molecular weight excluding hydrogens is 286 g/mol. The molecule has 3 heterocycles. The van der Waals surface area contributed by atoms with E-state index in [0.717, 1.165) is 29.7 Å². The smallest absolute Gasteiger partial charge is 0.175 e. The SMILES string of the molecule is CS(=O)(=O)c1ccc2[nH]c(C3CC4CCC(C3)N4)nc2c1. The molecular formula is C15H19N3O2S. The Morgan fingerprint density at radius 2 is 1.90 bits per heavy atom. The van der Waals surface area contributed by atoms with Gasteiger partial charge < -0.3 is 10.3 Å². The monoisotopic (exact) mass is 305 g/mol. The summed E-state index contributed by atoms with van der Waals surface area (Å²) in [5.41, 5.74) is 1.67. The molecule has 112 valence electrons. The first-order valence-corrected chi connectivity index (χ1v) is 9.34. The van der Waals surface area contributed by atoms with Crippen LogP contribution in [0.3, 0.4) is 0 Å². The van der Waals surface area contributed by atoms with Gasteiger partial charge in [-0.3, -0.25) is 0 Å². The normalized spacial score (nSPS) is 29.1. The zero-order valence-corrected chi connectivity index (χ0v) is 12.8. The molecule has 0 radical (unpaired) electrons. The molecule has 2 aliphatic heterocycles. The van der Waals surface area contributed by atoms with Gasteiger partial charge in [0, 0.05) is 24.3 Å². The lowest BCUT2D eigenvalue weighted by atomic mass is 9.92. The van der Waals surface area contributed by atoms with Gasteiger partial charge in [-0.05, 0) is 43.9 Å². The Kier molecular flexibility index (Phi) is 2.87. The molecule has 2 aliphatic rings. The third-order valence-corrected chi connectivity index (χ3v) is 5.87. The number of benzene rings is 1. The maximum atomic E-state index is 11.6. The number of aromatic nitrogens is 2. The van der Waals surface area contributed by atoms with Gasteiger partial charge in [0.05, 0.1) is 15.9 Å². The fraction of sp³-hybridized carbons (Fsp3) is 0.533. The number of piperidine rings is 1. The van der Waals surface area contributed by atoms with Gasteiger partial charge in [-0.2, -0.15) is 0 Å². The first-order chi connectivity index (χ1) is 9.99. The Bertz CT molecular complexity index is 784. The predicted octanol–water partition coefficient (Wildman–Crippen LogP) is 1.96. The van der Waals surface area contributed by atoms with Crippen LogP contribution in [0.25, 0.3) is 11.0 Å². The number of nitrogens with zero attached hydrogens (tertiary/aromatic N) is 1. The highest BCUT2D eigenvalue weighted by atomic mass is 32.2. The fourth-order valence-electron chi connectivity index (χ4n) is 3.71. The summed E-state index contributed by atoms with van der Waals surface area (Å²) < 4.78 is 23.3. The lowest BCUT2D eigenvalue weighted by Gasteiger charge is -2.27. The first kappa shape index (κ1) is 13.3. The van der Waals surface area contributed by atoms with Crippen molar-refractivity contribution >= 4 is 20.9 Å². The van der Waals surface area contributed by atoms with Gasteiger partial charge >= 0.3 is 0 Å². The second kappa shape index (κ2) is 4.55. The third kappa shape index (κ3) is 2.36. The zero-order chi connectivity index (χ0) is 14.6. The van der Waals surface area contributed by atoms with Crippen molar-refractivity contribution in [3.8, 4) is 0 Å². The van der Waals surface area contributed by atoms with Crippen molar-refractivity contribution in [3.05, 3.63) is 24.0 Å². The van der Waals surface area contributed by atoms with Crippen molar-refractivity contribution in [3.63, 3.8) is 0 Å². The molecule has 1 aromatic carbocycles. The van der Waals surface area contributed by atoms with Gasteiger partial charge in [-0.15, -0.1) is 0 Å². The molecule has 2 unspecified atom stereocenters. The predicted molar refractivity (Wildman–Crippen MR) is 81.1 cm³/mol. The zero-order valence-electron chi connectivity index (χ0n) is 12.0. The average molecular weight is 305 g/mol. The van der Waals surface area contributed by atoms with Crippen LogP contribution in [0, 0.1) is 0 Å². The van der Waals surface area contributed by atoms with Crippen LogP contribution in [0.1, 0.15) is 37.4 Å². The van der Waals surface area contributed by atoms with Crippen LogP contribution in [-0.2, 0) is 9.84 Å². The summed E-state index contributed by atoms with van der Waals surface area (Å²) in [6, 6.07) is 6.37. The van der Waals surface area contributed by atoms with E-state index < -0.39 is 9.84 Å². The van der Waals surface area contributed by atoms with Gasteiger partial charge in [0.15, 0.2) is 9.84 Å². The van der Waals surface area contributed by atoms with E-state index in [4.69, 9.17) is 0 Å². The van der Waals surface area contributed by atoms with Gasteiger partial charge in [0.2, 0.25) is 0 Å². The van der Waals surface area contributed by atoms with Crippen molar-refractivity contribution in [2.24, 2.45) is 0 Å². The maximum absolute atomic E-state index is 11.6. The van der Waals surface area contributed by atoms with Crippen LogP contribution < -0.4 is 5.32 Å². The van der Waals surface area contributed by atoms with E-state index in [1.54, 1.807) is 12.1 Å². The molecule has 4 rings (SSSR count). The number of imidazole rings is 1. The number of hydrogen-bond donors (Lipinski definition) is 2. The molecule has 1 aromatic heterocycles. The van der Waals surface area contributed by atoms with Crippen LogP contribution in [0.2, 0.25) is 0 Å². The molecule has 2 N–H and O–H groups in total. The molecule has 2 saturated heterocycles. The van der Waals surface area contributed by atoms with E-state index in [9.17, 15) is 8.42 Å². The lowest BCUT2D eigenvalue weighted by molar-refractivity contribution is 0.355. The maximum Gasteiger partial charge on any atom is 0.175 e. The van der Waals surface area contributed by atoms with Gasteiger partial charge in [0.25, 0.3) is 0 Å². The van der Waals surface area contributed by atoms with Gasteiger partial charge in [-0.1, -0.05) is 0 Å². The Balaban J connectivity index is 1.70. The molecule has 2 aromatic rings. The number of hydrogen-bond acceptors (Lipinski definition) is 4. The highest BCUT2D eigenvalue weighted by molar-refractivity contribution is 7.90. The molecule has 0 aliphatic carbocycles. The first-order valence-electron chi connectivity index (χ1n) is 7.45. The molecule has 21 heavy (non-hydrogen) atoms. The molecule has 0 amide bonds. The van der Waals surface area contributed by atoms with Crippen LogP contribution in [0.4, 0.5) is 0 Å². The molecule has 6 heteroatoms. The van der Waals surface area contributed by atoms with Crippen molar-refractivity contribution in [2.75, 3.05) is 6.26 Å². The van der Waals surface area contributed by atoms with Crippen molar-refractivity contribution in [2.45, 2.75) is 48.6 Å². The second-order valence-corrected chi connectivity index (χ2v) is 8.40. The van der Waals surface area contributed by atoms with Gasteiger partial charge in [-0.25, -0.2) is 13.4 Å². The Labute approximate surface area is 124 Å². The lowest BCUT2D eigenvalue weighted by Crippen LogP contribution is -2.37. The number of rotatable bonds is 2. The topological polar surface area (TPSA) is 74.8 Å². The number of nitrogens with one attached hydrogen (secondary N) is 2. The third-order valence-electron chi connectivity index (χ3n) is 4.76. The summed E-state index contributed by atoms with van der Waals surface area (Å²) in [7, 11) is -3.18. The number of fused-ring (bicyclic) bond motifs is 3. The fourth-order valence-corrected chi connectivity index (χ4v) is 4.35. The van der Waals surface area contributed by atoms with E-state index in [1.165, 1.54) is 19.1 Å². The molecule has 0 spiro atoms. The standard InChI is InChI=1S/C15H19N3O2S/c1-21(19,20)12-4-5-13-14(8-12)18-15(17-13)9-6-10-2-3-11(7-9)16-10/h4-5,8-11,16H,2-3,6-7H2,1H3,(H,17,18). The van der Waals surface area contributed by atoms with E-state index in [2.05, 4.69) is 15.3 Å². The minimum atomic E-state index is -3.18. The van der Waals surface area contributed by atoms with E-state index >= 15 is 0 Å².